The van der Waals surface area contributed by atoms with E-state index in [4.69, 9.17) is 14.2 Å². The number of carbonyl (C=O) groups excluding carboxylic acids is 3. The van der Waals surface area contributed by atoms with E-state index < -0.39 is 18.1 Å². The van der Waals surface area contributed by atoms with Crippen molar-refractivity contribution in [2.45, 2.75) is 116 Å². The van der Waals surface area contributed by atoms with Gasteiger partial charge in [-0.05, 0) is 44.9 Å². The molecule has 0 aliphatic rings. The second-order valence-electron chi connectivity index (χ2n) is 12.1. The third-order valence-electron chi connectivity index (χ3n) is 7.00. The van der Waals surface area contributed by atoms with Gasteiger partial charge in [0.25, 0.3) is 0 Å². The standard InChI is InChI=1S/C37H61NO7/c1-6-8-10-12-14-16-17-18-19-20-22-24-26-28-36(40)45-33(31-43-30-29-34(37(41)42)38(3,4)5)32-44-35(39)27-25-23-21-15-13-11-9-7-2/h8,10,12,14,16-19,21,23,33-34H,6-7,9,11,13,15,20,22,24-32H2,1-5H3/b10-8+,14-12+,17-16+,19-18+,23-21+. The highest BCUT2D eigenvalue weighted by molar-refractivity contribution is 5.70. The van der Waals surface area contributed by atoms with Crippen molar-refractivity contribution in [2.75, 3.05) is 41.0 Å². The van der Waals surface area contributed by atoms with E-state index in [1.54, 1.807) is 21.1 Å². The first kappa shape index (κ1) is 42.0. The number of esters is 2. The minimum Gasteiger partial charge on any atom is -0.544 e. The zero-order chi connectivity index (χ0) is 33.6. The molecule has 0 aliphatic heterocycles. The van der Waals surface area contributed by atoms with Crippen LogP contribution < -0.4 is 5.11 Å². The highest BCUT2D eigenvalue weighted by Crippen LogP contribution is 2.10. The lowest BCUT2D eigenvalue weighted by Crippen LogP contribution is -2.55. The largest absolute Gasteiger partial charge is 0.544 e. The number of hydrogen-bond acceptors (Lipinski definition) is 7. The summed E-state index contributed by atoms with van der Waals surface area (Å²) in [5.41, 5.74) is 0. The number of nitrogens with zero attached hydrogens (tertiary/aromatic N) is 1. The molecule has 0 aromatic carbocycles. The molecule has 0 N–H and O–H groups in total. The summed E-state index contributed by atoms with van der Waals surface area (Å²) in [5.74, 6) is -1.87. The van der Waals surface area contributed by atoms with E-state index in [9.17, 15) is 19.5 Å². The molecule has 0 saturated carbocycles. The third kappa shape index (κ3) is 27.1. The maximum absolute atomic E-state index is 12.5. The number of likely N-dealkylation sites (N-methyl/N-ethyl adjacent to an activating group) is 1. The Morgan fingerprint density at radius 3 is 1.96 bits per heavy atom. The molecule has 0 fully saturated rings. The molecule has 0 spiro atoms. The van der Waals surface area contributed by atoms with Crippen LogP contribution in [0.1, 0.15) is 104 Å². The number of rotatable bonds is 28. The number of unbranched alkanes of at least 4 members (excludes halogenated alkanes) is 7. The van der Waals surface area contributed by atoms with Crippen LogP contribution in [0.2, 0.25) is 0 Å². The van der Waals surface area contributed by atoms with E-state index in [-0.39, 0.29) is 55.5 Å². The van der Waals surface area contributed by atoms with Crippen LogP contribution in [0.4, 0.5) is 0 Å². The van der Waals surface area contributed by atoms with Crippen LogP contribution in [0.25, 0.3) is 0 Å². The highest BCUT2D eigenvalue weighted by atomic mass is 16.6. The van der Waals surface area contributed by atoms with Gasteiger partial charge in [-0.2, -0.15) is 0 Å². The highest BCUT2D eigenvalue weighted by Gasteiger charge is 2.25. The van der Waals surface area contributed by atoms with Gasteiger partial charge in [0.15, 0.2) is 6.10 Å². The molecule has 2 unspecified atom stereocenters. The van der Waals surface area contributed by atoms with Crippen LogP contribution in [0, 0.1) is 0 Å². The topological polar surface area (TPSA) is 102 Å². The summed E-state index contributed by atoms with van der Waals surface area (Å²) in [6, 6.07) is -0.737. The van der Waals surface area contributed by atoms with Crippen LogP contribution >= 0.6 is 0 Å². The van der Waals surface area contributed by atoms with Gasteiger partial charge in [-0.1, -0.05) is 100 Å². The lowest BCUT2D eigenvalue weighted by molar-refractivity contribution is -0.889. The Morgan fingerprint density at radius 2 is 1.31 bits per heavy atom. The first-order valence-electron chi connectivity index (χ1n) is 16.9. The zero-order valence-electron chi connectivity index (χ0n) is 28.8. The fourth-order valence-corrected chi connectivity index (χ4v) is 4.33. The Labute approximate surface area is 273 Å². The average Bonchev–Trinajstić information content (AvgIpc) is 2.98. The second-order valence-corrected chi connectivity index (χ2v) is 12.1. The molecular formula is C37H61NO7. The Bertz CT molecular complexity index is 928. The number of quaternary nitrogens is 1. The van der Waals surface area contributed by atoms with Gasteiger partial charge < -0.3 is 28.6 Å². The van der Waals surface area contributed by atoms with Crippen LogP contribution in [-0.4, -0.2) is 75.5 Å². The molecule has 45 heavy (non-hydrogen) atoms. The first-order chi connectivity index (χ1) is 21.6. The van der Waals surface area contributed by atoms with Gasteiger partial charge in [-0.3, -0.25) is 9.59 Å². The van der Waals surface area contributed by atoms with Gasteiger partial charge >= 0.3 is 11.9 Å². The van der Waals surface area contributed by atoms with Crippen molar-refractivity contribution in [3.8, 4) is 0 Å². The van der Waals surface area contributed by atoms with Crippen molar-refractivity contribution in [1.29, 1.82) is 0 Å². The Balaban J connectivity index is 4.62. The molecular weight excluding hydrogens is 570 g/mol. The molecule has 8 heteroatoms. The van der Waals surface area contributed by atoms with Crippen molar-refractivity contribution >= 4 is 17.9 Å². The monoisotopic (exact) mass is 631 g/mol. The van der Waals surface area contributed by atoms with Gasteiger partial charge in [0.2, 0.25) is 0 Å². The summed E-state index contributed by atoms with van der Waals surface area (Å²) in [6.45, 7) is 4.34. The van der Waals surface area contributed by atoms with Crippen molar-refractivity contribution in [3.05, 3.63) is 60.8 Å². The predicted octanol–water partition coefficient (Wildman–Crippen LogP) is 6.56. The smallest absolute Gasteiger partial charge is 0.306 e. The fraction of sp³-hybridized carbons (Fsp3) is 0.649. The van der Waals surface area contributed by atoms with Gasteiger partial charge in [0, 0.05) is 19.3 Å². The van der Waals surface area contributed by atoms with Crippen LogP contribution in [0.15, 0.2) is 60.8 Å². The molecule has 0 aromatic heterocycles. The molecule has 0 saturated heterocycles. The molecule has 0 radical (unpaired) electrons. The summed E-state index contributed by atoms with van der Waals surface area (Å²) in [5, 5.41) is 11.5. The second kappa shape index (κ2) is 28.5. The normalized spacial score (nSPS) is 13.9. The van der Waals surface area contributed by atoms with E-state index >= 15 is 0 Å². The maximum Gasteiger partial charge on any atom is 0.306 e. The van der Waals surface area contributed by atoms with Crippen molar-refractivity contribution < 1.29 is 38.2 Å². The number of carboxylic acid groups (broad SMARTS) is 1. The number of carboxylic acids is 1. The summed E-state index contributed by atoms with van der Waals surface area (Å²) in [7, 11) is 5.35. The predicted molar refractivity (Wildman–Crippen MR) is 180 cm³/mol. The van der Waals surface area contributed by atoms with Crippen molar-refractivity contribution in [1.82, 2.24) is 0 Å². The minimum atomic E-state index is -1.14. The number of aliphatic carboxylic acids is 1. The van der Waals surface area contributed by atoms with E-state index in [0.29, 0.717) is 12.8 Å². The van der Waals surface area contributed by atoms with Crippen LogP contribution in [-0.2, 0) is 28.6 Å². The summed E-state index contributed by atoms with van der Waals surface area (Å²) < 4.78 is 16.9. The lowest BCUT2D eigenvalue weighted by atomic mass is 10.1. The van der Waals surface area contributed by atoms with Crippen molar-refractivity contribution in [2.24, 2.45) is 0 Å². The van der Waals surface area contributed by atoms with E-state index in [0.717, 1.165) is 38.5 Å². The average molecular weight is 632 g/mol. The van der Waals surface area contributed by atoms with E-state index in [2.05, 4.69) is 32.1 Å². The van der Waals surface area contributed by atoms with Gasteiger partial charge in [-0.15, -0.1) is 0 Å². The summed E-state index contributed by atoms with van der Waals surface area (Å²) >= 11 is 0. The van der Waals surface area contributed by atoms with Gasteiger partial charge in [0.05, 0.1) is 40.3 Å². The molecule has 0 heterocycles. The third-order valence-corrected chi connectivity index (χ3v) is 7.00. The molecule has 8 nitrogen and oxygen atoms in total. The number of allylic oxidation sites excluding steroid dienone is 10. The Hall–Kier alpha value is -2.97. The molecule has 0 bridgehead atoms. The Kier molecular flexibility index (Phi) is 26.6. The molecule has 0 amide bonds. The lowest BCUT2D eigenvalue weighted by Gasteiger charge is -2.34. The van der Waals surface area contributed by atoms with Crippen molar-refractivity contribution in [3.63, 3.8) is 0 Å². The molecule has 2 atom stereocenters. The molecule has 0 rings (SSSR count). The first-order valence-corrected chi connectivity index (χ1v) is 16.9. The fourth-order valence-electron chi connectivity index (χ4n) is 4.33. The van der Waals surface area contributed by atoms with E-state index in [1.165, 1.54) is 19.3 Å². The van der Waals surface area contributed by atoms with Gasteiger partial charge in [-0.25, -0.2) is 0 Å². The Morgan fingerprint density at radius 1 is 0.689 bits per heavy atom. The summed E-state index contributed by atoms with van der Waals surface area (Å²) in [6.07, 6.45) is 31.3. The maximum atomic E-state index is 12.5. The van der Waals surface area contributed by atoms with Crippen LogP contribution in [0.3, 0.4) is 0 Å². The molecule has 256 valence electrons. The van der Waals surface area contributed by atoms with E-state index in [1.807, 2.05) is 42.5 Å². The quantitative estimate of drug-likeness (QED) is 0.0317. The van der Waals surface area contributed by atoms with Crippen LogP contribution in [0.5, 0.6) is 0 Å². The molecule has 0 aromatic rings. The SMILES string of the molecule is CC/C=C/C=C/C=C/C=C/CCCCCC(=O)OC(COCCC(C(=O)[O-])[N+](C)(C)C)COC(=O)CC/C=C/CCCCCC. The number of hydrogen-bond donors (Lipinski definition) is 0. The molecule has 0 aliphatic carbocycles. The number of ether oxygens (including phenoxy) is 3. The van der Waals surface area contributed by atoms with Gasteiger partial charge in [0.1, 0.15) is 12.6 Å². The minimum absolute atomic E-state index is 0.00991. The number of carbonyl (C=O) groups is 3. The summed E-state index contributed by atoms with van der Waals surface area (Å²) in [4.78, 5) is 36.4. The zero-order valence-corrected chi connectivity index (χ0v) is 28.8.